The maximum absolute atomic E-state index is 6.17. The first-order valence-electron chi connectivity index (χ1n) is 6.24. The van der Waals surface area contributed by atoms with Crippen molar-refractivity contribution >= 4 is 25.1 Å². The predicted molar refractivity (Wildman–Crippen MR) is 81.0 cm³/mol. The summed E-state index contributed by atoms with van der Waals surface area (Å²) in [6.45, 7) is 12.2. The summed E-state index contributed by atoms with van der Waals surface area (Å²) < 4.78 is 8.40. The lowest BCUT2D eigenvalue weighted by Crippen LogP contribution is -2.44. The van der Waals surface area contributed by atoms with Crippen LogP contribution in [-0.4, -0.2) is 17.7 Å². The predicted octanol–water partition coefficient (Wildman–Crippen LogP) is 3.70. The Morgan fingerprint density at radius 3 is 2.79 bits per heavy atom. The smallest absolute Gasteiger partial charge is 0.360 e. The summed E-state index contributed by atoms with van der Waals surface area (Å²) in [6.07, 6.45) is 3.59. The fourth-order valence-electron chi connectivity index (χ4n) is 2.50. The lowest BCUT2D eigenvalue weighted by atomic mass is 10.2. The van der Waals surface area contributed by atoms with E-state index in [9.17, 15) is 0 Å². The normalized spacial score (nSPS) is 19.3. The van der Waals surface area contributed by atoms with Crippen molar-refractivity contribution in [2.75, 3.05) is 0 Å². The van der Waals surface area contributed by atoms with Crippen LogP contribution in [0.15, 0.2) is 55.3 Å². The molecule has 0 amide bonds. The zero-order valence-corrected chi connectivity index (χ0v) is 12.2. The van der Waals surface area contributed by atoms with Gasteiger partial charge in [0.15, 0.2) is 0 Å². The van der Waals surface area contributed by atoms with Crippen LogP contribution >= 0.6 is 0 Å². The number of allylic oxidation sites excluding steroid dienone is 3. The van der Waals surface area contributed by atoms with Crippen LogP contribution in [0.1, 0.15) is 5.82 Å². The molecule has 0 bridgehead atoms. The van der Waals surface area contributed by atoms with Crippen LogP contribution in [0, 0.1) is 0 Å². The Kier molecular flexibility index (Phi) is 2.50. The first-order valence-corrected chi connectivity index (χ1v) is 9.09. The number of aromatic nitrogens is 2. The molecule has 1 aliphatic rings. The molecule has 0 saturated heterocycles. The van der Waals surface area contributed by atoms with E-state index in [-0.39, 0.29) is 0 Å². The van der Waals surface area contributed by atoms with E-state index in [1.54, 1.807) is 6.08 Å². The van der Waals surface area contributed by atoms with E-state index >= 15 is 0 Å². The first-order chi connectivity index (χ1) is 9.04. The van der Waals surface area contributed by atoms with E-state index in [0.29, 0.717) is 0 Å². The molecule has 2 heterocycles. The third-order valence-corrected chi connectivity index (χ3v) is 5.54. The van der Waals surface area contributed by atoms with Crippen LogP contribution in [0.5, 0.6) is 0 Å². The van der Waals surface area contributed by atoms with Crippen molar-refractivity contribution in [1.29, 1.82) is 0 Å². The molecule has 0 unspecified atom stereocenters. The van der Waals surface area contributed by atoms with Crippen LogP contribution < -0.4 is 0 Å². The summed E-state index contributed by atoms with van der Waals surface area (Å²) in [5.41, 5.74) is 2.93. The van der Waals surface area contributed by atoms with Crippen LogP contribution in [0.2, 0.25) is 13.1 Å². The molecular weight excluding hydrogens is 252 g/mol. The standard InChI is InChI=1S/C15H16N2OSi/c1-5-8-14-11(2)15-16-12-9-6-7-10-13(12)17(15)19(3,4)18-14/h5-10H,1-2H2,3-4H3. The Hall–Kier alpha value is -2.07. The van der Waals surface area contributed by atoms with Gasteiger partial charge in [-0.1, -0.05) is 31.4 Å². The number of hydrogen-bond donors (Lipinski definition) is 0. The highest BCUT2D eigenvalue weighted by molar-refractivity contribution is 6.71. The van der Waals surface area contributed by atoms with Gasteiger partial charge < -0.3 is 8.66 Å². The maximum atomic E-state index is 6.17. The molecule has 2 aromatic rings. The molecule has 0 atom stereocenters. The van der Waals surface area contributed by atoms with E-state index in [2.05, 4.69) is 36.6 Å². The number of benzene rings is 1. The fourth-order valence-corrected chi connectivity index (χ4v) is 4.79. The Balaban J connectivity index is 2.35. The van der Waals surface area contributed by atoms with E-state index in [1.165, 1.54) is 0 Å². The summed E-state index contributed by atoms with van der Waals surface area (Å²) >= 11 is 0. The highest BCUT2D eigenvalue weighted by Crippen LogP contribution is 2.35. The molecule has 3 rings (SSSR count). The second-order valence-electron chi connectivity index (χ2n) is 5.05. The molecule has 0 saturated carbocycles. The van der Waals surface area contributed by atoms with Gasteiger partial charge in [0.1, 0.15) is 11.6 Å². The minimum atomic E-state index is -2.09. The number of fused-ring (bicyclic) bond motifs is 3. The zero-order valence-electron chi connectivity index (χ0n) is 11.2. The molecule has 1 aliphatic heterocycles. The Morgan fingerprint density at radius 1 is 1.32 bits per heavy atom. The van der Waals surface area contributed by atoms with Crippen LogP contribution in [0.4, 0.5) is 0 Å². The summed E-state index contributed by atoms with van der Waals surface area (Å²) in [5.74, 6) is 1.70. The van der Waals surface area contributed by atoms with E-state index in [0.717, 1.165) is 28.2 Å². The average Bonchev–Trinajstić information content (AvgIpc) is 2.76. The third kappa shape index (κ3) is 1.68. The van der Waals surface area contributed by atoms with E-state index in [4.69, 9.17) is 9.41 Å². The molecule has 1 aromatic heterocycles. The molecule has 0 spiro atoms. The van der Waals surface area contributed by atoms with Gasteiger partial charge in [-0.25, -0.2) is 4.98 Å². The fraction of sp³-hybridized carbons (Fsp3) is 0.133. The second-order valence-corrected chi connectivity index (χ2v) is 8.60. The molecule has 1 aromatic carbocycles. The van der Waals surface area contributed by atoms with Gasteiger partial charge in [-0.05, 0) is 31.3 Å². The monoisotopic (exact) mass is 268 g/mol. The topological polar surface area (TPSA) is 27.1 Å². The maximum Gasteiger partial charge on any atom is 0.360 e. The summed E-state index contributed by atoms with van der Waals surface area (Å²) in [5, 5.41) is 0. The number of rotatable bonds is 1. The minimum Gasteiger partial charge on any atom is -0.524 e. The van der Waals surface area contributed by atoms with E-state index in [1.807, 2.05) is 24.3 Å². The van der Waals surface area contributed by atoms with Gasteiger partial charge in [-0.2, -0.15) is 0 Å². The molecule has 0 fully saturated rings. The molecule has 4 heteroatoms. The van der Waals surface area contributed by atoms with Gasteiger partial charge in [0, 0.05) is 0 Å². The van der Waals surface area contributed by atoms with Gasteiger partial charge in [0.2, 0.25) is 0 Å². The van der Waals surface area contributed by atoms with Gasteiger partial charge in [0.25, 0.3) is 0 Å². The average molecular weight is 268 g/mol. The van der Waals surface area contributed by atoms with Crippen LogP contribution in [0.3, 0.4) is 0 Å². The van der Waals surface area contributed by atoms with Crippen molar-refractivity contribution < 1.29 is 4.43 Å². The third-order valence-electron chi connectivity index (χ3n) is 3.30. The van der Waals surface area contributed by atoms with Crippen molar-refractivity contribution in [2.24, 2.45) is 0 Å². The molecule has 3 nitrogen and oxygen atoms in total. The van der Waals surface area contributed by atoms with Crippen molar-refractivity contribution in [3.63, 3.8) is 0 Å². The lowest BCUT2D eigenvalue weighted by Gasteiger charge is -2.34. The molecule has 0 radical (unpaired) electrons. The molecule has 96 valence electrons. The molecule has 0 N–H and O–H groups in total. The van der Waals surface area contributed by atoms with Gasteiger partial charge >= 0.3 is 8.48 Å². The molecule has 19 heavy (non-hydrogen) atoms. The van der Waals surface area contributed by atoms with Crippen molar-refractivity contribution in [3.05, 3.63) is 61.2 Å². The second kappa shape index (κ2) is 3.96. The number of nitrogens with zero attached hydrogens (tertiary/aromatic N) is 2. The number of imidazole rings is 1. The summed E-state index contributed by atoms with van der Waals surface area (Å²) in [7, 11) is -2.09. The first kappa shape index (κ1) is 12.0. The van der Waals surface area contributed by atoms with Crippen molar-refractivity contribution in [2.45, 2.75) is 13.1 Å². The Labute approximate surface area is 113 Å². The summed E-state index contributed by atoms with van der Waals surface area (Å²) in [6, 6.07) is 8.13. The summed E-state index contributed by atoms with van der Waals surface area (Å²) in [4.78, 5) is 4.71. The van der Waals surface area contributed by atoms with Crippen LogP contribution in [0.25, 0.3) is 16.6 Å². The van der Waals surface area contributed by atoms with Gasteiger partial charge in [-0.15, -0.1) is 0 Å². The quantitative estimate of drug-likeness (QED) is 0.737. The lowest BCUT2D eigenvalue weighted by molar-refractivity contribution is 0.419. The largest absolute Gasteiger partial charge is 0.524 e. The molecule has 0 aliphatic carbocycles. The highest BCUT2D eigenvalue weighted by Gasteiger charge is 2.38. The zero-order chi connectivity index (χ0) is 13.6. The highest BCUT2D eigenvalue weighted by atomic mass is 28.4. The minimum absolute atomic E-state index is 0.787. The number of hydrogen-bond acceptors (Lipinski definition) is 2. The Morgan fingerprint density at radius 2 is 2.05 bits per heavy atom. The van der Waals surface area contributed by atoms with Gasteiger partial charge in [0.05, 0.1) is 16.6 Å². The SMILES string of the molecule is C=CC=C1O[Si](C)(C)n2c(nc3ccccc32)C1=C. The van der Waals surface area contributed by atoms with Crippen molar-refractivity contribution in [3.8, 4) is 0 Å². The number of para-hydroxylation sites is 2. The van der Waals surface area contributed by atoms with Gasteiger partial charge in [-0.3, -0.25) is 0 Å². The molecular formula is C15H16N2OSi. The van der Waals surface area contributed by atoms with Crippen molar-refractivity contribution in [1.82, 2.24) is 9.22 Å². The Bertz CT molecular complexity index is 725. The van der Waals surface area contributed by atoms with E-state index < -0.39 is 8.48 Å². The van der Waals surface area contributed by atoms with Crippen LogP contribution in [-0.2, 0) is 4.43 Å².